The van der Waals surface area contributed by atoms with Crippen LogP contribution in [-0.2, 0) is 10.0 Å². The van der Waals surface area contributed by atoms with E-state index in [-0.39, 0.29) is 17.2 Å². The van der Waals surface area contributed by atoms with Gasteiger partial charge in [0.05, 0.1) is 5.75 Å². The van der Waals surface area contributed by atoms with Crippen molar-refractivity contribution in [1.82, 2.24) is 4.31 Å². The maximum absolute atomic E-state index is 11.9. The first-order valence-electron chi connectivity index (χ1n) is 5.44. The summed E-state index contributed by atoms with van der Waals surface area (Å²) in [6, 6.07) is 0.0226. The van der Waals surface area contributed by atoms with Crippen LogP contribution < -0.4 is 5.73 Å². The lowest BCUT2D eigenvalue weighted by Crippen LogP contribution is -2.34. The highest BCUT2D eigenvalue weighted by Gasteiger charge is 2.30. The van der Waals surface area contributed by atoms with E-state index in [1.807, 2.05) is 0 Å². The molecule has 5 heteroatoms. The van der Waals surface area contributed by atoms with Gasteiger partial charge in [-0.3, -0.25) is 0 Å². The van der Waals surface area contributed by atoms with Crippen molar-refractivity contribution < 1.29 is 8.42 Å². The molecule has 15 heavy (non-hydrogen) atoms. The normalized spacial score (nSPS) is 24.7. The average Bonchev–Trinajstić information content (AvgIpc) is 2.48. The number of rotatable bonds is 3. The second kappa shape index (κ2) is 4.39. The van der Waals surface area contributed by atoms with Gasteiger partial charge in [-0.05, 0) is 18.3 Å². The van der Waals surface area contributed by atoms with Gasteiger partial charge < -0.3 is 5.73 Å². The number of hydrogen-bond donors (Lipinski definition) is 1. The quantitative estimate of drug-likeness (QED) is 0.785. The Kier molecular flexibility index (Phi) is 3.79. The molecule has 0 aromatic heterocycles. The Hall–Kier alpha value is -0.130. The van der Waals surface area contributed by atoms with Gasteiger partial charge in [-0.25, -0.2) is 12.7 Å². The Bertz CT molecular complexity index is 306. The zero-order chi connectivity index (χ0) is 11.7. The Morgan fingerprint density at radius 3 is 2.40 bits per heavy atom. The summed E-state index contributed by atoms with van der Waals surface area (Å²) in [5.41, 5.74) is 5.76. The van der Waals surface area contributed by atoms with E-state index in [0.717, 1.165) is 6.42 Å². The van der Waals surface area contributed by atoms with Crippen LogP contribution in [0.1, 0.15) is 33.6 Å². The summed E-state index contributed by atoms with van der Waals surface area (Å²) in [6.07, 6.45) is 1.48. The third-order valence-electron chi connectivity index (χ3n) is 2.69. The molecule has 2 N–H and O–H groups in total. The van der Waals surface area contributed by atoms with Crippen LogP contribution >= 0.6 is 0 Å². The van der Waals surface area contributed by atoms with Gasteiger partial charge in [0.25, 0.3) is 0 Å². The number of nitrogens with zero attached hydrogens (tertiary/aromatic N) is 1. The van der Waals surface area contributed by atoms with E-state index in [4.69, 9.17) is 5.73 Å². The van der Waals surface area contributed by atoms with E-state index in [1.54, 1.807) is 0 Å². The standard InChI is InChI=1S/C10H22N2O2S/c1-10(2,3)5-7-15(13,14)12-6-4-9(11)8-12/h9H,4-8,11H2,1-3H3. The summed E-state index contributed by atoms with van der Waals surface area (Å²) in [4.78, 5) is 0. The van der Waals surface area contributed by atoms with Crippen molar-refractivity contribution in [3.63, 3.8) is 0 Å². The van der Waals surface area contributed by atoms with E-state index in [1.165, 1.54) is 4.31 Å². The monoisotopic (exact) mass is 234 g/mol. The van der Waals surface area contributed by atoms with Crippen molar-refractivity contribution in [3.8, 4) is 0 Å². The van der Waals surface area contributed by atoms with Gasteiger partial charge in [-0.1, -0.05) is 20.8 Å². The van der Waals surface area contributed by atoms with Crippen LogP contribution in [0.4, 0.5) is 0 Å². The molecular formula is C10H22N2O2S. The highest BCUT2D eigenvalue weighted by molar-refractivity contribution is 7.89. The maximum atomic E-state index is 11.9. The van der Waals surface area contributed by atoms with Crippen LogP contribution in [0.2, 0.25) is 0 Å². The van der Waals surface area contributed by atoms with Crippen LogP contribution in [0, 0.1) is 5.41 Å². The molecule has 0 aliphatic carbocycles. The first kappa shape index (κ1) is 12.9. The molecule has 1 aliphatic rings. The van der Waals surface area contributed by atoms with Gasteiger partial charge in [0, 0.05) is 19.1 Å². The molecule has 1 fully saturated rings. The highest BCUT2D eigenvalue weighted by atomic mass is 32.2. The lowest BCUT2D eigenvalue weighted by atomic mass is 9.94. The van der Waals surface area contributed by atoms with E-state index >= 15 is 0 Å². The SMILES string of the molecule is CC(C)(C)CCS(=O)(=O)N1CCC(N)C1. The maximum Gasteiger partial charge on any atom is 0.214 e. The number of nitrogens with two attached hydrogens (primary N) is 1. The van der Waals surface area contributed by atoms with Gasteiger partial charge in [0.2, 0.25) is 10.0 Å². The molecule has 1 unspecified atom stereocenters. The molecule has 1 rings (SSSR count). The summed E-state index contributed by atoms with van der Waals surface area (Å²) in [5, 5.41) is 0. The topological polar surface area (TPSA) is 63.4 Å². The van der Waals surface area contributed by atoms with Crippen molar-refractivity contribution in [2.75, 3.05) is 18.8 Å². The highest BCUT2D eigenvalue weighted by Crippen LogP contribution is 2.21. The van der Waals surface area contributed by atoms with Crippen molar-refractivity contribution in [3.05, 3.63) is 0 Å². The van der Waals surface area contributed by atoms with E-state index in [9.17, 15) is 8.42 Å². The first-order chi connectivity index (χ1) is 6.71. The van der Waals surface area contributed by atoms with Crippen LogP contribution in [-0.4, -0.2) is 37.6 Å². The zero-order valence-electron chi connectivity index (χ0n) is 9.86. The van der Waals surface area contributed by atoms with E-state index in [2.05, 4.69) is 20.8 Å². The van der Waals surface area contributed by atoms with Gasteiger partial charge >= 0.3 is 0 Å². The summed E-state index contributed by atoms with van der Waals surface area (Å²) in [7, 11) is -3.07. The smallest absolute Gasteiger partial charge is 0.214 e. The second-order valence-electron chi connectivity index (χ2n) is 5.53. The lowest BCUT2D eigenvalue weighted by molar-refractivity contribution is 0.389. The molecule has 0 aromatic carbocycles. The molecular weight excluding hydrogens is 212 g/mol. The van der Waals surface area contributed by atoms with Crippen LogP contribution in [0.3, 0.4) is 0 Å². The van der Waals surface area contributed by atoms with Crippen molar-refractivity contribution in [2.45, 2.75) is 39.7 Å². The van der Waals surface area contributed by atoms with Crippen molar-refractivity contribution in [1.29, 1.82) is 0 Å². The Labute approximate surface area is 92.9 Å². The minimum atomic E-state index is -3.07. The molecule has 1 aliphatic heterocycles. The predicted octanol–water partition coefficient (Wildman–Crippen LogP) is 0.785. The molecule has 0 aromatic rings. The Morgan fingerprint density at radius 1 is 1.40 bits per heavy atom. The Balaban J connectivity index is 2.53. The Morgan fingerprint density at radius 2 is 2.00 bits per heavy atom. The van der Waals surface area contributed by atoms with Gasteiger partial charge in [0.15, 0.2) is 0 Å². The molecule has 4 nitrogen and oxygen atoms in total. The fraction of sp³-hybridized carbons (Fsp3) is 1.00. The van der Waals surface area contributed by atoms with E-state index < -0.39 is 10.0 Å². The van der Waals surface area contributed by atoms with Gasteiger partial charge in [0.1, 0.15) is 0 Å². The van der Waals surface area contributed by atoms with Crippen LogP contribution in [0.15, 0.2) is 0 Å². The van der Waals surface area contributed by atoms with Gasteiger partial charge in [-0.15, -0.1) is 0 Å². The fourth-order valence-corrected chi connectivity index (χ4v) is 3.50. The van der Waals surface area contributed by atoms with E-state index in [0.29, 0.717) is 19.5 Å². The minimum absolute atomic E-state index is 0.0226. The summed E-state index contributed by atoms with van der Waals surface area (Å²) >= 11 is 0. The molecule has 1 heterocycles. The number of sulfonamides is 1. The predicted molar refractivity (Wildman–Crippen MR) is 62.0 cm³/mol. The van der Waals surface area contributed by atoms with Crippen LogP contribution in [0.5, 0.6) is 0 Å². The molecule has 0 radical (unpaired) electrons. The molecule has 0 amide bonds. The molecule has 90 valence electrons. The molecule has 0 bridgehead atoms. The van der Waals surface area contributed by atoms with Crippen molar-refractivity contribution in [2.24, 2.45) is 11.1 Å². The zero-order valence-corrected chi connectivity index (χ0v) is 10.7. The second-order valence-corrected chi connectivity index (χ2v) is 7.62. The van der Waals surface area contributed by atoms with Gasteiger partial charge in [-0.2, -0.15) is 0 Å². The fourth-order valence-electron chi connectivity index (χ4n) is 1.57. The molecule has 0 spiro atoms. The molecule has 1 atom stereocenters. The lowest BCUT2D eigenvalue weighted by Gasteiger charge is -2.21. The van der Waals surface area contributed by atoms with Crippen LogP contribution in [0.25, 0.3) is 0 Å². The summed E-state index contributed by atoms with van der Waals surface area (Å²) in [6.45, 7) is 7.24. The molecule has 1 saturated heterocycles. The summed E-state index contributed by atoms with van der Waals surface area (Å²) in [5.74, 6) is 0.239. The third kappa shape index (κ3) is 4.09. The summed E-state index contributed by atoms with van der Waals surface area (Å²) < 4.78 is 25.3. The average molecular weight is 234 g/mol. The molecule has 0 saturated carbocycles. The first-order valence-corrected chi connectivity index (χ1v) is 7.05. The minimum Gasteiger partial charge on any atom is -0.326 e. The van der Waals surface area contributed by atoms with Crippen molar-refractivity contribution >= 4 is 10.0 Å². The third-order valence-corrected chi connectivity index (χ3v) is 4.53. The number of hydrogen-bond acceptors (Lipinski definition) is 3. The largest absolute Gasteiger partial charge is 0.326 e.